The lowest BCUT2D eigenvalue weighted by atomic mass is 9.93. The maximum absolute atomic E-state index is 12.3. The summed E-state index contributed by atoms with van der Waals surface area (Å²) >= 11 is 0. The monoisotopic (exact) mass is 418 g/mol. The Morgan fingerprint density at radius 3 is 2.45 bits per heavy atom. The number of esters is 1. The number of rotatable bonds is 5. The van der Waals surface area contributed by atoms with Gasteiger partial charge in [-0.2, -0.15) is 0 Å². The average Bonchev–Trinajstić information content (AvgIpc) is 2.58. The molecule has 4 atom stereocenters. The van der Waals surface area contributed by atoms with Crippen molar-refractivity contribution in [3.05, 3.63) is 48.1 Å². The normalized spacial score (nSPS) is 27.8. The molecule has 0 N–H and O–H groups in total. The Balaban J connectivity index is 3.00. The molecule has 0 aromatic carbocycles. The van der Waals surface area contributed by atoms with E-state index in [9.17, 15) is 4.79 Å². The number of cyclic esters (lactones) is 1. The summed E-state index contributed by atoms with van der Waals surface area (Å²) in [4.78, 5) is 12.3. The van der Waals surface area contributed by atoms with Crippen LogP contribution in [0.3, 0.4) is 0 Å². The van der Waals surface area contributed by atoms with Crippen LogP contribution in [0.25, 0.3) is 0 Å². The van der Waals surface area contributed by atoms with Gasteiger partial charge in [0.2, 0.25) is 0 Å². The highest BCUT2D eigenvalue weighted by Gasteiger charge is 2.39. The third kappa shape index (κ3) is 8.47. The van der Waals surface area contributed by atoms with E-state index < -0.39 is 8.32 Å². The molecule has 4 heteroatoms. The summed E-state index contributed by atoms with van der Waals surface area (Å²) in [6.45, 7) is 19.8. The van der Waals surface area contributed by atoms with Gasteiger partial charge in [-0.3, -0.25) is 0 Å². The molecule has 0 aromatic heterocycles. The quantitative estimate of drug-likeness (QED) is 0.274. The lowest BCUT2D eigenvalue weighted by Gasteiger charge is -2.39. The van der Waals surface area contributed by atoms with Gasteiger partial charge in [0.05, 0.1) is 0 Å². The second kappa shape index (κ2) is 11.1. The van der Waals surface area contributed by atoms with E-state index in [1.54, 1.807) is 6.08 Å². The summed E-state index contributed by atoms with van der Waals surface area (Å²) in [7, 11) is -1.83. The summed E-state index contributed by atoms with van der Waals surface area (Å²) in [6, 6.07) is 0. The minimum Gasteiger partial charge on any atom is -0.454 e. The standard InChI is InChI=1S/C25H42O3Si/c1-19-16-14-12-10-11-13-15-17-23(26)27-24(19)21(3)18-20(2)22(4)28-29(8,9)25(5,6)7/h10,12,14-20,22,24H,11,13H2,1-9H3/b12-10+,16-14-,17-15+,21-18+/t19-,20-,22+,24?/m0/s1. The zero-order valence-corrected chi connectivity index (χ0v) is 21.0. The van der Waals surface area contributed by atoms with Crippen LogP contribution in [0.5, 0.6) is 0 Å². The number of ether oxygens (including phenoxy) is 1. The van der Waals surface area contributed by atoms with Crippen LogP contribution >= 0.6 is 0 Å². The van der Waals surface area contributed by atoms with Gasteiger partial charge >= 0.3 is 5.97 Å². The maximum Gasteiger partial charge on any atom is 0.331 e. The van der Waals surface area contributed by atoms with Crippen molar-refractivity contribution in [3.63, 3.8) is 0 Å². The molecule has 0 amide bonds. The van der Waals surface area contributed by atoms with E-state index in [0.717, 1.165) is 18.4 Å². The highest BCUT2D eigenvalue weighted by molar-refractivity contribution is 6.74. The van der Waals surface area contributed by atoms with Crippen molar-refractivity contribution < 1.29 is 14.0 Å². The molecular weight excluding hydrogens is 376 g/mol. The molecule has 0 aromatic rings. The number of hydrogen-bond donors (Lipinski definition) is 0. The van der Waals surface area contributed by atoms with Crippen LogP contribution in [0, 0.1) is 11.8 Å². The number of carbonyl (C=O) groups is 1. The molecule has 1 aliphatic heterocycles. The first-order valence-corrected chi connectivity index (χ1v) is 13.8. The van der Waals surface area contributed by atoms with Gasteiger partial charge in [-0.25, -0.2) is 4.79 Å². The van der Waals surface area contributed by atoms with Crippen LogP contribution in [0.15, 0.2) is 48.1 Å². The molecular formula is C25H42O3Si. The Kier molecular flexibility index (Phi) is 9.83. The molecule has 1 aliphatic rings. The van der Waals surface area contributed by atoms with Gasteiger partial charge in [0.25, 0.3) is 0 Å². The van der Waals surface area contributed by atoms with Crippen molar-refractivity contribution >= 4 is 14.3 Å². The van der Waals surface area contributed by atoms with Crippen LogP contribution in [0.4, 0.5) is 0 Å². The van der Waals surface area contributed by atoms with E-state index in [4.69, 9.17) is 9.16 Å². The van der Waals surface area contributed by atoms with E-state index in [1.165, 1.54) is 0 Å². The van der Waals surface area contributed by atoms with Crippen LogP contribution in [0.2, 0.25) is 18.1 Å². The molecule has 0 saturated heterocycles. The topological polar surface area (TPSA) is 35.5 Å². The molecule has 164 valence electrons. The number of allylic oxidation sites excluding steroid dienone is 4. The summed E-state index contributed by atoms with van der Waals surface area (Å²) in [6.07, 6.45) is 15.6. The molecule has 1 rings (SSSR count). The molecule has 3 nitrogen and oxygen atoms in total. The van der Waals surface area contributed by atoms with Crippen LogP contribution in [-0.4, -0.2) is 26.5 Å². The van der Waals surface area contributed by atoms with Crippen LogP contribution in [0.1, 0.15) is 61.3 Å². The fourth-order valence-corrected chi connectivity index (χ4v) is 4.56. The molecule has 0 saturated carbocycles. The maximum atomic E-state index is 12.3. The van der Waals surface area contributed by atoms with Crippen molar-refractivity contribution in [3.8, 4) is 0 Å². The van der Waals surface area contributed by atoms with E-state index in [1.807, 2.05) is 6.08 Å². The van der Waals surface area contributed by atoms with Gasteiger partial charge in [-0.05, 0) is 56.3 Å². The van der Waals surface area contributed by atoms with Crippen molar-refractivity contribution in [2.24, 2.45) is 11.8 Å². The average molecular weight is 419 g/mol. The highest BCUT2D eigenvalue weighted by atomic mass is 28.4. The van der Waals surface area contributed by atoms with Crippen molar-refractivity contribution in [1.82, 2.24) is 0 Å². The Bertz CT molecular complexity index is 649. The van der Waals surface area contributed by atoms with Gasteiger partial charge in [-0.1, -0.05) is 71.1 Å². The summed E-state index contributed by atoms with van der Waals surface area (Å²) in [5, 5.41) is 0.182. The molecule has 0 radical (unpaired) electrons. The van der Waals surface area contributed by atoms with Gasteiger partial charge in [-0.15, -0.1) is 0 Å². The van der Waals surface area contributed by atoms with E-state index in [0.29, 0.717) is 0 Å². The second-order valence-corrected chi connectivity index (χ2v) is 14.6. The first-order chi connectivity index (χ1) is 13.3. The minimum atomic E-state index is -1.83. The second-order valence-electron chi connectivity index (χ2n) is 9.86. The smallest absolute Gasteiger partial charge is 0.331 e. The molecule has 1 unspecified atom stereocenters. The number of hydrogen-bond acceptors (Lipinski definition) is 3. The predicted molar refractivity (Wildman–Crippen MR) is 126 cm³/mol. The summed E-state index contributed by atoms with van der Waals surface area (Å²) < 4.78 is 12.4. The Morgan fingerprint density at radius 1 is 1.21 bits per heavy atom. The molecule has 0 aliphatic carbocycles. The molecule has 29 heavy (non-hydrogen) atoms. The fraction of sp³-hybridized carbons (Fsp3) is 0.640. The first-order valence-electron chi connectivity index (χ1n) is 10.9. The van der Waals surface area contributed by atoms with Crippen molar-refractivity contribution in [2.75, 3.05) is 0 Å². The Labute approximate surface area is 180 Å². The SMILES string of the molecule is C/C(=C\[C@H](C)[C@@H](C)O[Si](C)(C)C(C)(C)C)C1OC(=O)/C=C/CC/C=C/C=C\[C@@H]1C. The fourth-order valence-electron chi connectivity index (χ4n) is 3.06. The third-order valence-corrected chi connectivity index (χ3v) is 10.7. The van der Waals surface area contributed by atoms with Gasteiger partial charge in [0.1, 0.15) is 6.10 Å². The first kappa shape index (κ1) is 25.6. The molecule has 0 fully saturated rings. The predicted octanol–water partition coefficient (Wildman–Crippen LogP) is 6.99. The molecule has 0 bridgehead atoms. The Morgan fingerprint density at radius 2 is 1.83 bits per heavy atom. The summed E-state index contributed by atoms with van der Waals surface area (Å²) in [5.41, 5.74) is 1.07. The largest absolute Gasteiger partial charge is 0.454 e. The number of carbonyl (C=O) groups excluding carboxylic acids is 1. The van der Waals surface area contributed by atoms with E-state index in [2.05, 4.69) is 91.9 Å². The lowest BCUT2D eigenvalue weighted by Crippen LogP contribution is -2.44. The Hall–Kier alpha value is -1.39. The van der Waals surface area contributed by atoms with Crippen LogP contribution in [-0.2, 0) is 14.0 Å². The van der Waals surface area contributed by atoms with Crippen molar-refractivity contribution in [1.29, 1.82) is 0 Å². The van der Waals surface area contributed by atoms with E-state index >= 15 is 0 Å². The van der Waals surface area contributed by atoms with E-state index in [-0.39, 0.29) is 35.1 Å². The summed E-state index contributed by atoms with van der Waals surface area (Å²) in [5.74, 6) is 0.0538. The molecule has 0 spiro atoms. The van der Waals surface area contributed by atoms with Crippen molar-refractivity contribution in [2.45, 2.75) is 91.6 Å². The van der Waals surface area contributed by atoms with Crippen LogP contribution < -0.4 is 0 Å². The van der Waals surface area contributed by atoms with Gasteiger partial charge < -0.3 is 9.16 Å². The third-order valence-electron chi connectivity index (χ3n) is 6.14. The zero-order chi connectivity index (χ0) is 22.2. The minimum absolute atomic E-state index is 0.0940. The zero-order valence-electron chi connectivity index (χ0n) is 20.0. The van der Waals surface area contributed by atoms with Gasteiger partial charge in [0, 0.05) is 18.1 Å². The van der Waals surface area contributed by atoms with Gasteiger partial charge in [0.15, 0.2) is 8.32 Å². The highest BCUT2D eigenvalue weighted by Crippen LogP contribution is 2.38. The molecule has 1 heterocycles. The lowest BCUT2D eigenvalue weighted by molar-refractivity contribution is -0.142.